The molecule has 0 aliphatic heterocycles. The molecule has 0 aliphatic carbocycles. The summed E-state index contributed by atoms with van der Waals surface area (Å²) in [6, 6.07) is 5.64. The number of nitrogens with one attached hydrogen (secondary N) is 2. The quantitative estimate of drug-likeness (QED) is 0.632. The van der Waals surface area contributed by atoms with Crippen LogP contribution in [-0.4, -0.2) is 23.1 Å². The van der Waals surface area contributed by atoms with Crippen LogP contribution in [0.25, 0.3) is 16.5 Å². The number of allylic oxidation sites excluding steroid dienone is 1. The van der Waals surface area contributed by atoms with Crippen molar-refractivity contribution in [3.8, 4) is 0 Å². The number of fused-ring (bicyclic) bond motifs is 1. The zero-order chi connectivity index (χ0) is 16.3. The second-order valence-electron chi connectivity index (χ2n) is 5.21. The molecule has 6 nitrogen and oxygen atoms in total. The summed E-state index contributed by atoms with van der Waals surface area (Å²) in [5, 5.41) is 11.4. The van der Waals surface area contributed by atoms with Crippen LogP contribution in [0, 0.1) is 5.41 Å². The number of primary amides is 1. The minimum Gasteiger partial charge on any atom is -0.404 e. The van der Waals surface area contributed by atoms with Gasteiger partial charge in [-0.1, -0.05) is 6.07 Å². The molecule has 22 heavy (non-hydrogen) atoms. The van der Waals surface area contributed by atoms with Gasteiger partial charge in [-0.15, -0.1) is 0 Å². The number of nitrogens with two attached hydrogens (primary N) is 2. The first-order chi connectivity index (χ1) is 10.5. The Morgan fingerprint density at radius 1 is 1.41 bits per heavy atom. The Hall–Kier alpha value is -2.89. The van der Waals surface area contributed by atoms with Crippen LogP contribution in [0.15, 0.2) is 30.6 Å². The number of benzene rings is 1. The lowest BCUT2D eigenvalue weighted by atomic mass is 10.0. The van der Waals surface area contributed by atoms with Crippen molar-refractivity contribution in [1.82, 2.24) is 4.98 Å². The summed E-state index contributed by atoms with van der Waals surface area (Å²) in [6.45, 7) is 3.95. The zero-order valence-electron chi connectivity index (χ0n) is 12.6. The minimum atomic E-state index is -0.537. The average molecular weight is 297 g/mol. The summed E-state index contributed by atoms with van der Waals surface area (Å²) in [7, 11) is 0. The molecule has 1 heterocycles. The van der Waals surface area contributed by atoms with E-state index in [1.54, 1.807) is 0 Å². The Bertz CT molecular complexity index is 764. The molecule has 1 amide bonds. The second kappa shape index (κ2) is 6.26. The third-order valence-corrected chi connectivity index (χ3v) is 3.23. The molecule has 0 spiro atoms. The van der Waals surface area contributed by atoms with Gasteiger partial charge in [0, 0.05) is 35.6 Å². The number of nitrogens with zero attached hydrogens (tertiary/aromatic N) is 1. The number of hydrogen-bond donors (Lipinski definition) is 4. The Morgan fingerprint density at radius 2 is 2.14 bits per heavy atom. The lowest BCUT2D eigenvalue weighted by molar-refractivity contribution is 0.100. The van der Waals surface area contributed by atoms with Gasteiger partial charge in [0.1, 0.15) is 0 Å². The third-order valence-electron chi connectivity index (χ3n) is 3.23. The summed E-state index contributed by atoms with van der Waals surface area (Å²) < 4.78 is 0. The highest BCUT2D eigenvalue weighted by Crippen LogP contribution is 2.29. The maximum atomic E-state index is 11.7. The highest BCUT2D eigenvalue weighted by Gasteiger charge is 2.14. The molecular formula is C16H19N5O. The van der Waals surface area contributed by atoms with Crippen molar-refractivity contribution in [3.63, 3.8) is 0 Å². The molecule has 0 aliphatic rings. The van der Waals surface area contributed by atoms with E-state index >= 15 is 0 Å². The molecule has 1 aromatic heterocycles. The Balaban J connectivity index is 2.76. The van der Waals surface area contributed by atoms with Gasteiger partial charge >= 0.3 is 0 Å². The van der Waals surface area contributed by atoms with Crippen LogP contribution in [0.4, 0.5) is 5.69 Å². The highest BCUT2D eigenvalue weighted by atomic mass is 16.1. The summed E-state index contributed by atoms with van der Waals surface area (Å²) >= 11 is 0. The van der Waals surface area contributed by atoms with Crippen LogP contribution in [0.2, 0.25) is 0 Å². The van der Waals surface area contributed by atoms with E-state index in [1.165, 1.54) is 18.6 Å². The molecule has 0 atom stereocenters. The molecule has 2 rings (SSSR count). The van der Waals surface area contributed by atoms with Crippen LogP contribution in [-0.2, 0) is 0 Å². The van der Waals surface area contributed by atoms with Crippen LogP contribution < -0.4 is 16.8 Å². The first kappa shape index (κ1) is 15.5. The molecule has 0 radical (unpaired) electrons. The van der Waals surface area contributed by atoms with E-state index in [1.807, 2.05) is 32.0 Å². The van der Waals surface area contributed by atoms with E-state index < -0.39 is 5.91 Å². The van der Waals surface area contributed by atoms with Crippen molar-refractivity contribution in [2.75, 3.05) is 5.32 Å². The molecule has 0 saturated carbocycles. The maximum Gasteiger partial charge on any atom is 0.252 e. The largest absolute Gasteiger partial charge is 0.404 e. The number of rotatable bonds is 5. The molecule has 0 saturated heterocycles. The van der Waals surface area contributed by atoms with Crippen LogP contribution >= 0.6 is 0 Å². The van der Waals surface area contributed by atoms with Crippen molar-refractivity contribution in [2.24, 2.45) is 11.5 Å². The summed E-state index contributed by atoms with van der Waals surface area (Å²) in [5.41, 5.74) is 14.1. The van der Waals surface area contributed by atoms with Crippen molar-refractivity contribution in [3.05, 3.63) is 41.7 Å². The molecular weight excluding hydrogens is 278 g/mol. The molecule has 6 heteroatoms. The van der Waals surface area contributed by atoms with E-state index in [0.717, 1.165) is 16.5 Å². The van der Waals surface area contributed by atoms with Gasteiger partial charge in [-0.05, 0) is 31.5 Å². The fourth-order valence-corrected chi connectivity index (χ4v) is 2.23. The summed E-state index contributed by atoms with van der Waals surface area (Å²) in [6.07, 6.45) is 4.03. The van der Waals surface area contributed by atoms with Gasteiger partial charge in [0.05, 0.1) is 16.8 Å². The monoisotopic (exact) mass is 297 g/mol. The third kappa shape index (κ3) is 2.90. The molecule has 0 unspecified atom stereocenters. The normalized spacial score (nSPS) is 11.7. The first-order valence-electron chi connectivity index (χ1n) is 6.89. The number of hydrogen-bond acceptors (Lipinski definition) is 5. The van der Waals surface area contributed by atoms with Crippen LogP contribution in [0.3, 0.4) is 0 Å². The number of carbonyl (C=O) groups is 1. The van der Waals surface area contributed by atoms with Gasteiger partial charge in [0.25, 0.3) is 5.91 Å². The van der Waals surface area contributed by atoms with Gasteiger partial charge in [-0.3, -0.25) is 9.78 Å². The van der Waals surface area contributed by atoms with Gasteiger partial charge < -0.3 is 22.2 Å². The average Bonchev–Trinajstić information content (AvgIpc) is 2.48. The van der Waals surface area contributed by atoms with E-state index in [-0.39, 0.29) is 6.04 Å². The summed E-state index contributed by atoms with van der Waals surface area (Å²) in [4.78, 5) is 15.9. The molecule has 2 aromatic rings. The van der Waals surface area contributed by atoms with Crippen LogP contribution in [0.5, 0.6) is 0 Å². The molecule has 1 aromatic carbocycles. The van der Waals surface area contributed by atoms with E-state index in [0.29, 0.717) is 16.8 Å². The predicted octanol–water partition coefficient (Wildman–Crippen LogP) is 2.10. The standard InChI is InChI=1S/C16H19N5O/c1-9(2)21-15-12-5-10(11(6-17)7-18)3-4-14(12)20-8-13(15)16(19)22/h3-9,17H,18H2,1-2H3,(H2,19,22)(H,20,21)/b11-7+,17-6?. The Kier molecular flexibility index (Phi) is 4.41. The smallest absolute Gasteiger partial charge is 0.252 e. The molecule has 0 fully saturated rings. The number of carbonyl (C=O) groups excluding carboxylic acids is 1. The fraction of sp³-hybridized carbons (Fsp3) is 0.188. The van der Waals surface area contributed by atoms with Crippen molar-refractivity contribution in [2.45, 2.75) is 19.9 Å². The zero-order valence-corrected chi connectivity index (χ0v) is 12.6. The molecule has 0 bridgehead atoms. The van der Waals surface area contributed by atoms with Crippen molar-refractivity contribution < 1.29 is 4.79 Å². The van der Waals surface area contributed by atoms with E-state index in [4.69, 9.17) is 16.9 Å². The number of pyridine rings is 1. The lowest BCUT2D eigenvalue weighted by Gasteiger charge is -2.16. The lowest BCUT2D eigenvalue weighted by Crippen LogP contribution is -2.18. The predicted molar refractivity (Wildman–Crippen MR) is 90.0 cm³/mol. The Labute approximate surface area is 128 Å². The van der Waals surface area contributed by atoms with Gasteiger partial charge in [0.2, 0.25) is 0 Å². The first-order valence-corrected chi connectivity index (χ1v) is 6.89. The molecule has 6 N–H and O–H groups in total. The number of aromatic nitrogens is 1. The van der Waals surface area contributed by atoms with E-state index in [2.05, 4.69) is 10.3 Å². The van der Waals surface area contributed by atoms with Crippen molar-refractivity contribution >= 4 is 34.3 Å². The second-order valence-corrected chi connectivity index (χ2v) is 5.21. The highest BCUT2D eigenvalue weighted by molar-refractivity contribution is 6.11. The minimum absolute atomic E-state index is 0.125. The fourth-order valence-electron chi connectivity index (χ4n) is 2.23. The van der Waals surface area contributed by atoms with E-state index in [9.17, 15) is 4.79 Å². The maximum absolute atomic E-state index is 11.7. The van der Waals surface area contributed by atoms with Gasteiger partial charge in [-0.25, -0.2) is 0 Å². The number of anilines is 1. The van der Waals surface area contributed by atoms with Crippen LogP contribution in [0.1, 0.15) is 29.8 Å². The van der Waals surface area contributed by atoms with Gasteiger partial charge in [-0.2, -0.15) is 0 Å². The topological polar surface area (TPSA) is 118 Å². The molecule has 114 valence electrons. The van der Waals surface area contributed by atoms with Gasteiger partial charge in [0.15, 0.2) is 0 Å². The Morgan fingerprint density at radius 3 is 2.68 bits per heavy atom. The summed E-state index contributed by atoms with van der Waals surface area (Å²) in [5.74, 6) is -0.537. The SMILES string of the molecule is CC(C)Nc1c(C(N)=O)cnc2ccc(/C(C=N)=C/N)cc12. The van der Waals surface area contributed by atoms with Crippen molar-refractivity contribution in [1.29, 1.82) is 5.41 Å². The number of amides is 1.